The molecule has 13 heavy (non-hydrogen) atoms. The maximum absolute atomic E-state index is 9.22. The maximum atomic E-state index is 9.22. The maximum Gasteiger partial charge on any atom is 0.116 e. The van der Waals surface area contributed by atoms with Crippen LogP contribution < -0.4 is 10.4 Å². The van der Waals surface area contributed by atoms with Gasteiger partial charge in [-0.25, -0.2) is 0 Å². The Hall–Kier alpha value is -1.70. The molecule has 1 aromatic carbocycles. The van der Waals surface area contributed by atoms with Gasteiger partial charge in [-0.1, -0.05) is 12.6 Å². The van der Waals surface area contributed by atoms with Crippen LogP contribution in [0.3, 0.4) is 0 Å². The molecule has 0 bridgehead atoms. The van der Waals surface area contributed by atoms with Gasteiger partial charge in [0.2, 0.25) is 0 Å². The van der Waals surface area contributed by atoms with Crippen LogP contribution in [-0.4, -0.2) is 10.2 Å². The molecule has 1 aromatic rings. The number of rotatable bonds is 1. The van der Waals surface area contributed by atoms with E-state index in [2.05, 4.69) is 6.58 Å². The fraction of sp³-hybridized carbons (Fsp3) is 0.0909. The molecular formula is C11H12O2. The van der Waals surface area contributed by atoms with E-state index in [0.717, 1.165) is 10.4 Å². The van der Waals surface area contributed by atoms with Crippen LogP contribution in [0.5, 0.6) is 5.75 Å². The van der Waals surface area contributed by atoms with Crippen molar-refractivity contribution in [3.8, 4) is 5.75 Å². The van der Waals surface area contributed by atoms with Crippen LogP contribution in [0, 0.1) is 0 Å². The first-order chi connectivity index (χ1) is 6.13. The smallest absolute Gasteiger partial charge is 0.116 e. The lowest BCUT2D eigenvalue weighted by Gasteiger charge is -1.92. The molecule has 0 heterocycles. The van der Waals surface area contributed by atoms with Crippen LogP contribution in [0.2, 0.25) is 0 Å². The first-order valence-corrected chi connectivity index (χ1v) is 3.98. The highest BCUT2D eigenvalue weighted by molar-refractivity contribution is 5.43. The molecule has 0 radical (unpaired) electrons. The van der Waals surface area contributed by atoms with Crippen LogP contribution >= 0.6 is 0 Å². The Kier molecular flexibility index (Phi) is 2.75. The summed E-state index contributed by atoms with van der Waals surface area (Å²) in [5.74, 6) is 0.332. The van der Waals surface area contributed by atoms with Gasteiger partial charge in [0.15, 0.2) is 0 Å². The van der Waals surface area contributed by atoms with Gasteiger partial charge in [0.25, 0.3) is 0 Å². The van der Waals surface area contributed by atoms with Gasteiger partial charge in [-0.15, -0.1) is 0 Å². The summed E-state index contributed by atoms with van der Waals surface area (Å²) in [6.07, 6.45) is 3.13. The van der Waals surface area contributed by atoms with Crippen LogP contribution in [0.4, 0.5) is 0 Å². The van der Waals surface area contributed by atoms with Gasteiger partial charge in [-0.3, -0.25) is 0 Å². The van der Waals surface area contributed by atoms with Gasteiger partial charge >= 0.3 is 0 Å². The number of benzene rings is 1. The molecule has 0 saturated carbocycles. The van der Waals surface area contributed by atoms with Gasteiger partial charge < -0.3 is 10.2 Å². The van der Waals surface area contributed by atoms with Gasteiger partial charge in [-0.05, 0) is 41.6 Å². The van der Waals surface area contributed by atoms with Crippen molar-refractivity contribution in [2.24, 2.45) is 0 Å². The molecular weight excluding hydrogens is 164 g/mol. The third-order valence-electron chi connectivity index (χ3n) is 1.73. The van der Waals surface area contributed by atoms with Gasteiger partial charge in [-0.2, -0.15) is 0 Å². The predicted molar refractivity (Wildman–Crippen MR) is 53.7 cm³/mol. The van der Waals surface area contributed by atoms with E-state index >= 15 is 0 Å². The minimum Gasteiger partial charge on any atom is -0.508 e. The predicted octanol–water partition coefficient (Wildman–Crippen LogP) is 1.04. The molecule has 0 spiro atoms. The highest BCUT2D eigenvalue weighted by Gasteiger charge is 1.88. The SMILES string of the molecule is C=c1ccc(O)c/c1=C/C(O)=C\C. The molecule has 68 valence electrons. The van der Waals surface area contributed by atoms with E-state index in [4.69, 9.17) is 0 Å². The van der Waals surface area contributed by atoms with Crippen molar-refractivity contribution in [2.75, 3.05) is 0 Å². The lowest BCUT2D eigenvalue weighted by molar-refractivity contribution is 0.440. The molecule has 0 unspecified atom stereocenters. The second kappa shape index (κ2) is 3.81. The Morgan fingerprint density at radius 3 is 2.77 bits per heavy atom. The molecule has 0 aliphatic rings. The third-order valence-corrected chi connectivity index (χ3v) is 1.73. The van der Waals surface area contributed by atoms with Crippen molar-refractivity contribution in [1.29, 1.82) is 0 Å². The van der Waals surface area contributed by atoms with Crippen molar-refractivity contribution in [2.45, 2.75) is 6.92 Å². The van der Waals surface area contributed by atoms with Crippen molar-refractivity contribution >= 4 is 12.7 Å². The molecule has 0 aliphatic carbocycles. The zero-order chi connectivity index (χ0) is 9.84. The molecule has 0 amide bonds. The number of aliphatic hydroxyl groups excluding tert-OH is 1. The second-order valence-electron chi connectivity index (χ2n) is 2.74. The van der Waals surface area contributed by atoms with E-state index in [1.807, 2.05) is 0 Å². The molecule has 0 atom stereocenters. The number of phenolic OH excluding ortho intramolecular Hbond substituents is 1. The van der Waals surface area contributed by atoms with E-state index < -0.39 is 0 Å². The number of allylic oxidation sites excluding steroid dienone is 2. The lowest BCUT2D eigenvalue weighted by Crippen LogP contribution is -2.22. The second-order valence-corrected chi connectivity index (χ2v) is 2.74. The summed E-state index contributed by atoms with van der Waals surface area (Å²) in [5.41, 5.74) is 0. The number of aliphatic hydroxyl groups is 1. The largest absolute Gasteiger partial charge is 0.508 e. The van der Waals surface area contributed by atoms with Crippen LogP contribution in [0.25, 0.3) is 12.7 Å². The molecule has 0 saturated heterocycles. The van der Waals surface area contributed by atoms with Gasteiger partial charge in [0.05, 0.1) is 0 Å². The summed E-state index contributed by atoms with van der Waals surface area (Å²) in [6.45, 7) is 5.50. The monoisotopic (exact) mass is 176 g/mol. The number of aromatic hydroxyl groups is 1. The van der Waals surface area contributed by atoms with E-state index in [1.54, 1.807) is 37.3 Å². The minimum atomic E-state index is 0.163. The van der Waals surface area contributed by atoms with Gasteiger partial charge in [0.1, 0.15) is 11.5 Å². The fourth-order valence-corrected chi connectivity index (χ4v) is 0.959. The normalized spacial score (nSPS) is 13.3. The number of phenols is 1. The Bertz CT molecular complexity index is 430. The highest BCUT2D eigenvalue weighted by atomic mass is 16.3. The summed E-state index contributed by atoms with van der Waals surface area (Å²) in [4.78, 5) is 0. The Morgan fingerprint density at radius 2 is 2.15 bits per heavy atom. The van der Waals surface area contributed by atoms with Crippen molar-refractivity contribution < 1.29 is 10.2 Å². The standard InChI is InChI=1S/C11H12O2/c1-3-10(12)6-9-7-11(13)5-4-8(9)2/h3-7,12-13H,2H2,1H3/b9-6-,10-3+. The molecule has 2 N–H and O–H groups in total. The molecule has 0 aliphatic heterocycles. The van der Waals surface area contributed by atoms with Gasteiger partial charge in [0, 0.05) is 0 Å². The zero-order valence-electron chi connectivity index (χ0n) is 7.49. The minimum absolute atomic E-state index is 0.163. The summed E-state index contributed by atoms with van der Waals surface area (Å²) in [7, 11) is 0. The topological polar surface area (TPSA) is 40.5 Å². The van der Waals surface area contributed by atoms with Crippen molar-refractivity contribution in [3.63, 3.8) is 0 Å². The summed E-state index contributed by atoms with van der Waals surface area (Å²) in [5, 5.41) is 19.9. The number of hydrogen-bond acceptors (Lipinski definition) is 2. The Labute approximate surface area is 76.8 Å². The first kappa shape index (κ1) is 9.39. The van der Waals surface area contributed by atoms with E-state index in [1.165, 1.54) is 0 Å². The zero-order valence-corrected chi connectivity index (χ0v) is 7.49. The van der Waals surface area contributed by atoms with E-state index in [9.17, 15) is 10.2 Å². The molecule has 2 heteroatoms. The quantitative estimate of drug-likeness (QED) is 0.628. The van der Waals surface area contributed by atoms with Crippen molar-refractivity contribution in [1.82, 2.24) is 0 Å². The molecule has 1 rings (SSSR count). The fourth-order valence-electron chi connectivity index (χ4n) is 0.959. The van der Waals surface area contributed by atoms with E-state index in [0.29, 0.717) is 0 Å². The summed E-state index contributed by atoms with van der Waals surface area (Å²) >= 11 is 0. The Balaban J connectivity index is 3.37. The molecule has 0 fully saturated rings. The third kappa shape index (κ3) is 2.37. The average molecular weight is 176 g/mol. The van der Waals surface area contributed by atoms with E-state index in [-0.39, 0.29) is 11.5 Å². The van der Waals surface area contributed by atoms with Crippen LogP contribution in [-0.2, 0) is 0 Å². The first-order valence-electron chi connectivity index (χ1n) is 3.98. The van der Waals surface area contributed by atoms with Crippen LogP contribution in [0.15, 0.2) is 30.0 Å². The van der Waals surface area contributed by atoms with Crippen LogP contribution in [0.1, 0.15) is 6.92 Å². The Morgan fingerprint density at radius 1 is 1.46 bits per heavy atom. The number of hydrogen-bond donors (Lipinski definition) is 2. The molecule has 2 nitrogen and oxygen atoms in total. The summed E-state index contributed by atoms with van der Waals surface area (Å²) in [6, 6.07) is 4.82. The average Bonchev–Trinajstić information content (AvgIpc) is 2.11. The molecule has 0 aromatic heterocycles. The van der Waals surface area contributed by atoms with Crippen molar-refractivity contribution in [3.05, 3.63) is 40.5 Å². The lowest BCUT2D eigenvalue weighted by atomic mass is 10.2. The highest BCUT2D eigenvalue weighted by Crippen LogP contribution is 1.98. The summed E-state index contributed by atoms with van der Waals surface area (Å²) < 4.78 is 0.